The molecule has 0 aliphatic heterocycles. The van der Waals surface area contributed by atoms with Crippen molar-refractivity contribution in [1.82, 2.24) is 5.32 Å². The molecule has 4 rings (SSSR count). The molecule has 0 saturated heterocycles. The van der Waals surface area contributed by atoms with Gasteiger partial charge in [-0.15, -0.1) is 0 Å². The SMILES string of the molecule is O=C(NCCOCCOCCOCCOCCOCCOCCOCCOCCOCCOc1ccc([N+](=O)[O-])cc1)OCC1c2ccccc2-c2ccccc21. The highest BCUT2D eigenvalue weighted by molar-refractivity contribution is 5.79. The number of amides is 1. The summed E-state index contributed by atoms with van der Waals surface area (Å²) in [4.78, 5) is 22.5. The van der Waals surface area contributed by atoms with Crippen LogP contribution in [0, 0.1) is 10.1 Å². The lowest BCUT2D eigenvalue weighted by atomic mass is 9.98. The van der Waals surface area contributed by atoms with Crippen LogP contribution >= 0.6 is 0 Å². The summed E-state index contributed by atoms with van der Waals surface area (Å²) < 4.78 is 60.4. The number of nitro groups is 1. The van der Waals surface area contributed by atoms with Crippen LogP contribution < -0.4 is 10.1 Å². The molecular formula is C41H56N2O14. The third-order valence-corrected chi connectivity index (χ3v) is 8.38. The predicted octanol–water partition coefficient (Wildman–Crippen LogP) is 4.66. The van der Waals surface area contributed by atoms with Gasteiger partial charge in [0.1, 0.15) is 19.0 Å². The highest BCUT2D eigenvalue weighted by Gasteiger charge is 2.29. The van der Waals surface area contributed by atoms with Crippen molar-refractivity contribution in [2.75, 3.05) is 139 Å². The van der Waals surface area contributed by atoms with Crippen LogP contribution in [0.2, 0.25) is 0 Å². The number of hydrogen-bond donors (Lipinski definition) is 1. The van der Waals surface area contributed by atoms with Crippen LogP contribution in [-0.4, -0.2) is 150 Å². The van der Waals surface area contributed by atoms with E-state index in [0.29, 0.717) is 138 Å². The molecule has 0 fully saturated rings. The van der Waals surface area contributed by atoms with E-state index in [1.807, 2.05) is 24.3 Å². The number of rotatable bonds is 34. The second-order valence-electron chi connectivity index (χ2n) is 12.4. The Morgan fingerprint density at radius 2 is 0.877 bits per heavy atom. The smallest absolute Gasteiger partial charge is 0.407 e. The third kappa shape index (κ3) is 18.7. The molecule has 16 heteroatoms. The Morgan fingerprint density at radius 1 is 0.509 bits per heavy atom. The number of benzene rings is 3. The maximum atomic E-state index is 12.2. The van der Waals surface area contributed by atoms with Gasteiger partial charge in [0.15, 0.2) is 0 Å². The highest BCUT2D eigenvalue weighted by Crippen LogP contribution is 2.44. The summed E-state index contributed by atoms with van der Waals surface area (Å²) in [7, 11) is 0. The van der Waals surface area contributed by atoms with Crippen LogP contribution in [0.5, 0.6) is 5.75 Å². The summed E-state index contributed by atoms with van der Waals surface area (Å²) >= 11 is 0. The summed E-state index contributed by atoms with van der Waals surface area (Å²) in [5.41, 5.74) is 4.77. The number of hydrogen-bond acceptors (Lipinski definition) is 14. The van der Waals surface area contributed by atoms with E-state index >= 15 is 0 Å². The van der Waals surface area contributed by atoms with E-state index in [-0.39, 0.29) is 18.2 Å². The van der Waals surface area contributed by atoms with Gasteiger partial charge in [0.2, 0.25) is 0 Å². The summed E-state index contributed by atoms with van der Waals surface area (Å²) in [5.74, 6) is 0.581. The van der Waals surface area contributed by atoms with E-state index in [4.69, 9.17) is 52.1 Å². The molecule has 0 aromatic heterocycles. The molecule has 0 unspecified atom stereocenters. The standard InChI is InChI=1S/C41H56N2O14/c44-41(57-33-40-38-7-3-1-5-36(38)37-6-2-4-8-39(37)40)42-13-14-47-15-16-48-17-18-49-19-20-50-21-22-51-23-24-52-25-26-53-27-28-54-29-30-55-31-32-56-35-11-9-34(10-12-35)43(45)46/h1-12,40H,13-33H2,(H,42,44). The number of carbonyl (C=O) groups excluding carboxylic acids is 1. The number of nitrogens with zero attached hydrogens (tertiary/aromatic N) is 1. The topological polar surface area (TPSA) is 174 Å². The second-order valence-corrected chi connectivity index (χ2v) is 12.4. The molecule has 1 N–H and O–H groups in total. The largest absolute Gasteiger partial charge is 0.491 e. The van der Waals surface area contributed by atoms with Gasteiger partial charge in [0.25, 0.3) is 5.69 Å². The minimum Gasteiger partial charge on any atom is -0.491 e. The van der Waals surface area contributed by atoms with Gasteiger partial charge in [-0.3, -0.25) is 10.1 Å². The summed E-state index contributed by atoms with van der Waals surface area (Å²) in [6.45, 7) is 8.99. The summed E-state index contributed by atoms with van der Waals surface area (Å²) in [5, 5.41) is 13.4. The van der Waals surface area contributed by atoms with Crippen molar-refractivity contribution in [3.05, 3.63) is 94.0 Å². The first-order valence-electron chi connectivity index (χ1n) is 19.3. The van der Waals surface area contributed by atoms with E-state index in [1.165, 1.54) is 34.4 Å². The fourth-order valence-corrected chi connectivity index (χ4v) is 5.62. The number of nitrogens with one attached hydrogen (secondary N) is 1. The summed E-state index contributed by atoms with van der Waals surface area (Å²) in [6, 6.07) is 22.4. The summed E-state index contributed by atoms with van der Waals surface area (Å²) in [6.07, 6.45) is -0.459. The average Bonchev–Trinajstić information content (AvgIpc) is 3.55. The van der Waals surface area contributed by atoms with Gasteiger partial charge in [-0.05, 0) is 34.4 Å². The van der Waals surface area contributed by atoms with Crippen LogP contribution in [0.3, 0.4) is 0 Å². The Bertz CT molecular complexity index is 1480. The van der Waals surface area contributed by atoms with Crippen LogP contribution in [0.15, 0.2) is 72.8 Å². The Hall–Kier alpha value is -4.23. The van der Waals surface area contributed by atoms with E-state index in [9.17, 15) is 14.9 Å². The Balaban J connectivity index is 0.790. The molecule has 3 aromatic rings. The molecule has 16 nitrogen and oxygen atoms in total. The normalized spacial score (nSPS) is 12.0. The minimum absolute atomic E-state index is 0.0214. The predicted molar refractivity (Wildman–Crippen MR) is 209 cm³/mol. The zero-order valence-electron chi connectivity index (χ0n) is 32.5. The zero-order chi connectivity index (χ0) is 40.0. The van der Waals surface area contributed by atoms with Gasteiger partial charge >= 0.3 is 6.09 Å². The number of nitro benzene ring substituents is 1. The van der Waals surface area contributed by atoms with Crippen molar-refractivity contribution in [3.63, 3.8) is 0 Å². The molecule has 0 atom stereocenters. The van der Waals surface area contributed by atoms with Gasteiger partial charge in [0, 0.05) is 24.6 Å². The maximum absolute atomic E-state index is 12.2. The zero-order valence-corrected chi connectivity index (χ0v) is 32.5. The lowest BCUT2D eigenvalue weighted by Crippen LogP contribution is -2.29. The quantitative estimate of drug-likeness (QED) is 0.0502. The van der Waals surface area contributed by atoms with Crippen LogP contribution in [0.25, 0.3) is 11.1 Å². The number of alkyl carbamates (subject to hydrolysis) is 1. The van der Waals surface area contributed by atoms with E-state index in [2.05, 4.69) is 29.6 Å². The molecule has 1 amide bonds. The molecule has 0 radical (unpaired) electrons. The fourth-order valence-electron chi connectivity index (χ4n) is 5.62. The first-order chi connectivity index (χ1) is 28.1. The first-order valence-corrected chi connectivity index (χ1v) is 19.3. The minimum atomic E-state index is -0.459. The molecule has 1 aliphatic rings. The molecule has 0 saturated carbocycles. The molecule has 1 aliphatic carbocycles. The van der Waals surface area contributed by atoms with Gasteiger partial charge in [0.05, 0.1) is 124 Å². The number of fused-ring (bicyclic) bond motifs is 3. The van der Waals surface area contributed by atoms with Crippen LogP contribution in [-0.2, 0) is 47.4 Å². The molecule has 0 heterocycles. The number of carbonyl (C=O) groups is 1. The fraction of sp³-hybridized carbons (Fsp3) is 0.537. The molecule has 57 heavy (non-hydrogen) atoms. The molecule has 314 valence electrons. The van der Waals surface area contributed by atoms with Gasteiger partial charge < -0.3 is 57.4 Å². The van der Waals surface area contributed by atoms with E-state index in [0.717, 1.165) is 0 Å². The molecule has 3 aromatic carbocycles. The van der Waals surface area contributed by atoms with Crippen LogP contribution in [0.4, 0.5) is 10.5 Å². The van der Waals surface area contributed by atoms with Gasteiger partial charge in [-0.2, -0.15) is 0 Å². The van der Waals surface area contributed by atoms with E-state index in [1.54, 1.807) is 12.1 Å². The Kier molecular flexibility index (Phi) is 23.2. The lowest BCUT2D eigenvalue weighted by Gasteiger charge is -2.14. The van der Waals surface area contributed by atoms with Crippen molar-refractivity contribution >= 4 is 11.8 Å². The highest BCUT2D eigenvalue weighted by atomic mass is 16.6. The first kappa shape index (κ1) is 45.5. The van der Waals surface area contributed by atoms with Crippen molar-refractivity contribution in [1.29, 1.82) is 0 Å². The Labute approximate surface area is 334 Å². The second kappa shape index (κ2) is 29.1. The number of ether oxygens (including phenoxy) is 11. The monoisotopic (exact) mass is 800 g/mol. The van der Waals surface area contributed by atoms with Crippen molar-refractivity contribution in [3.8, 4) is 16.9 Å². The van der Waals surface area contributed by atoms with Crippen molar-refractivity contribution in [2.45, 2.75) is 5.92 Å². The molecular weight excluding hydrogens is 744 g/mol. The maximum Gasteiger partial charge on any atom is 0.407 e. The van der Waals surface area contributed by atoms with Crippen molar-refractivity contribution in [2.24, 2.45) is 0 Å². The average molecular weight is 801 g/mol. The van der Waals surface area contributed by atoms with Gasteiger partial charge in [-0.25, -0.2) is 4.79 Å². The number of non-ortho nitro benzene ring substituents is 1. The van der Waals surface area contributed by atoms with Crippen LogP contribution in [0.1, 0.15) is 17.0 Å². The van der Waals surface area contributed by atoms with Crippen molar-refractivity contribution < 1.29 is 61.8 Å². The third-order valence-electron chi connectivity index (χ3n) is 8.38. The molecule has 0 spiro atoms. The Morgan fingerprint density at radius 3 is 1.28 bits per heavy atom. The van der Waals surface area contributed by atoms with E-state index < -0.39 is 11.0 Å². The van der Waals surface area contributed by atoms with Gasteiger partial charge in [-0.1, -0.05) is 48.5 Å². The lowest BCUT2D eigenvalue weighted by molar-refractivity contribution is -0.384. The molecule has 0 bridgehead atoms.